The van der Waals surface area contributed by atoms with E-state index in [1.807, 2.05) is 0 Å². The SMILES string of the molecule is Cc1nn(CC(=O)N2CCN(Cc3ccc(F)cc3)CC2)cc1[N+](=O)[O-]. The maximum atomic E-state index is 13.0. The third-order valence-corrected chi connectivity index (χ3v) is 4.46. The summed E-state index contributed by atoms with van der Waals surface area (Å²) >= 11 is 0. The van der Waals surface area contributed by atoms with Crippen LogP contribution in [0.5, 0.6) is 0 Å². The lowest BCUT2D eigenvalue weighted by atomic mass is 10.2. The first-order chi connectivity index (χ1) is 12.4. The number of aromatic nitrogens is 2. The zero-order valence-corrected chi connectivity index (χ0v) is 14.5. The Bertz CT molecular complexity index is 797. The molecular weight excluding hydrogens is 341 g/mol. The largest absolute Gasteiger partial charge is 0.339 e. The molecule has 8 nitrogen and oxygen atoms in total. The summed E-state index contributed by atoms with van der Waals surface area (Å²) in [5, 5.41) is 14.9. The van der Waals surface area contributed by atoms with Crippen molar-refractivity contribution in [1.82, 2.24) is 19.6 Å². The number of rotatable bonds is 5. The van der Waals surface area contributed by atoms with Gasteiger partial charge in [-0.1, -0.05) is 12.1 Å². The van der Waals surface area contributed by atoms with E-state index in [0.717, 1.165) is 18.7 Å². The molecule has 2 aromatic rings. The highest BCUT2D eigenvalue weighted by atomic mass is 19.1. The Labute approximate surface area is 150 Å². The van der Waals surface area contributed by atoms with Crippen LogP contribution in [-0.4, -0.2) is 56.6 Å². The zero-order chi connectivity index (χ0) is 18.7. The Kier molecular flexibility index (Phi) is 5.27. The lowest BCUT2D eigenvalue weighted by Crippen LogP contribution is -2.49. The van der Waals surface area contributed by atoms with Crippen LogP contribution in [0.3, 0.4) is 0 Å². The molecule has 1 fully saturated rings. The second-order valence-electron chi connectivity index (χ2n) is 6.34. The number of carbonyl (C=O) groups excluding carboxylic acids is 1. The number of nitro groups is 1. The molecule has 2 heterocycles. The molecule has 1 aromatic heterocycles. The average Bonchev–Trinajstić information content (AvgIpc) is 2.98. The van der Waals surface area contributed by atoms with Gasteiger partial charge >= 0.3 is 5.69 Å². The maximum Gasteiger partial charge on any atom is 0.309 e. The van der Waals surface area contributed by atoms with Gasteiger partial charge in [0, 0.05) is 32.7 Å². The van der Waals surface area contributed by atoms with Crippen LogP contribution in [-0.2, 0) is 17.9 Å². The summed E-state index contributed by atoms with van der Waals surface area (Å²) in [5.74, 6) is -0.359. The molecule has 0 unspecified atom stereocenters. The van der Waals surface area contributed by atoms with Gasteiger partial charge in [-0.05, 0) is 24.6 Å². The summed E-state index contributed by atoms with van der Waals surface area (Å²) in [4.78, 5) is 26.7. The Morgan fingerprint density at radius 2 is 1.88 bits per heavy atom. The Morgan fingerprint density at radius 1 is 1.23 bits per heavy atom. The Morgan fingerprint density at radius 3 is 2.46 bits per heavy atom. The molecule has 0 bridgehead atoms. The molecule has 138 valence electrons. The van der Waals surface area contributed by atoms with E-state index in [-0.39, 0.29) is 24.0 Å². The predicted molar refractivity (Wildman–Crippen MR) is 91.9 cm³/mol. The summed E-state index contributed by atoms with van der Waals surface area (Å²) in [6.45, 7) is 4.88. The van der Waals surface area contributed by atoms with Crippen molar-refractivity contribution in [3.05, 3.63) is 57.7 Å². The number of piperazine rings is 1. The highest BCUT2D eigenvalue weighted by molar-refractivity contribution is 5.76. The van der Waals surface area contributed by atoms with Gasteiger partial charge in [-0.25, -0.2) is 4.39 Å². The van der Waals surface area contributed by atoms with Crippen molar-refractivity contribution < 1.29 is 14.1 Å². The van der Waals surface area contributed by atoms with Crippen molar-refractivity contribution in [2.45, 2.75) is 20.0 Å². The fourth-order valence-electron chi connectivity index (χ4n) is 3.01. The lowest BCUT2D eigenvalue weighted by Gasteiger charge is -2.34. The summed E-state index contributed by atoms with van der Waals surface area (Å²) in [6, 6.07) is 6.42. The minimum atomic E-state index is -0.502. The quantitative estimate of drug-likeness (QED) is 0.596. The van der Waals surface area contributed by atoms with Crippen LogP contribution < -0.4 is 0 Å². The summed E-state index contributed by atoms with van der Waals surface area (Å²) < 4.78 is 14.3. The lowest BCUT2D eigenvalue weighted by molar-refractivity contribution is -0.385. The molecule has 0 saturated carbocycles. The minimum absolute atomic E-state index is 0.00730. The molecule has 3 rings (SSSR count). The number of aryl methyl sites for hydroxylation is 1. The van der Waals surface area contributed by atoms with E-state index in [1.165, 1.54) is 23.0 Å². The molecule has 26 heavy (non-hydrogen) atoms. The number of halogens is 1. The van der Waals surface area contributed by atoms with Crippen molar-refractivity contribution in [2.75, 3.05) is 26.2 Å². The third-order valence-electron chi connectivity index (χ3n) is 4.46. The van der Waals surface area contributed by atoms with Crippen LogP contribution >= 0.6 is 0 Å². The van der Waals surface area contributed by atoms with Crippen molar-refractivity contribution in [2.24, 2.45) is 0 Å². The van der Waals surface area contributed by atoms with E-state index >= 15 is 0 Å². The van der Waals surface area contributed by atoms with Crippen molar-refractivity contribution in [3.63, 3.8) is 0 Å². The predicted octanol–water partition coefficient (Wildman–Crippen LogP) is 1.58. The van der Waals surface area contributed by atoms with Gasteiger partial charge in [-0.15, -0.1) is 0 Å². The highest BCUT2D eigenvalue weighted by Crippen LogP contribution is 2.15. The number of benzene rings is 1. The van der Waals surface area contributed by atoms with Gasteiger partial charge in [0.05, 0.1) is 4.92 Å². The average molecular weight is 361 g/mol. The standard InChI is InChI=1S/C17H20FN5O3/c1-13-16(23(25)26)11-22(19-13)12-17(24)21-8-6-20(7-9-21)10-14-2-4-15(18)5-3-14/h2-5,11H,6-10,12H2,1H3. The van der Waals surface area contributed by atoms with Crippen molar-refractivity contribution in [3.8, 4) is 0 Å². The molecule has 0 N–H and O–H groups in total. The van der Waals surface area contributed by atoms with Gasteiger partial charge in [0.2, 0.25) is 5.91 Å². The number of nitrogens with zero attached hydrogens (tertiary/aromatic N) is 5. The molecule has 1 saturated heterocycles. The minimum Gasteiger partial charge on any atom is -0.339 e. The summed E-state index contributed by atoms with van der Waals surface area (Å²) in [7, 11) is 0. The molecule has 1 aliphatic rings. The molecule has 1 aliphatic heterocycles. The van der Waals surface area contributed by atoms with E-state index in [1.54, 1.807) is 24.0 Å². The highest BCUT2D eigenvalue weighted by Gasteiger charge is 2.23. The summed E-state index contributed by atoms with van der Waals surface area (Å²) in [6.07, 6.45) is 1.29. The zero-order valence-electron chi connectivity index (χ0n) is 14.5. The molecule has 0 radical (unpaired) electrons. The van der Waals surface area contributed by atoms with E-state index < -0.39 is 4.92 Å². The molecular formula is C17H20FN5O3. The van der Waals surface area contributed by atoms with Gasteiger partial charge in [0.25, 0.3) is 0 Å². The molecule has 1 aromatic carbocycles. The van der Waals surface area contributed by atoms with E-state index in [2.05, 4.69) is 10.00 Å². The van der Waals surface area contributed by atoms with E-state index in [4.69, 9.17) is 0 Å². The van der Waals surface area contributed by atoms with Crippen LogP contribution in [0.15, 0.2) is 30.5 Å². The fraction of sp³-hybridized carbons (Fsp3) is 0.412. The first-order valence-electron chi connectivity index (χ1n) is 8.35. The number of hydrogen-bond acceptors (Lipinski definition) is 5. The molecule has 0 aliphatic carbocycles. The van der Waals surface area contributed by atoms with Crippen LogP contribution in [0.25, 0.3) is 0 Å². The molecule has 1 amide bonds. The van der Waals surface area contributed by atoms with Gasteiger partial charge < -0.3 is 4.90 Å². The first-order valence-corrected chi connectivity index (χ1v) is 8.35. The van der Waals surface area contributed by atoms with Crippen LogP contribution in [0, 0.1) is 22.9 Å². The Balaban J connectivity index is 1.51. The second kappa shape index (κ2) is 7.61. The third kappa shape index (κ3) is 4.23. The van der Waals surface area contributed by atoms with Gasteiger partial charge in [-0.2, -0.15) is 5.10 Å². The maximum absolute atomic E-state index is 13.0. The number of hydrogen-bond donors (Lipinski definition) is 0. The number of amides is 1. The first kappa shape index (κ1) is 18.0. The second-order valence-corrected chi connectivity index (χ2v) is 6.34. The topological polar surface area (TPSA) is 84.5 Å². The van der Waals surface area contributed by atoms with Crippen LogP contribution in [0.1, 0.15) is 11.3 Å². The van der Waals surface area contributed by atoms with Gasteiger partial charge in [0.15, 0.2) is 0 Å². The smallest absolute Gasteiger partial charge is 0.309 e. The monoisotopic (exact) mass is 361 g/mol. The molecule has 9 heteroatoms. The van der Waals surface area contributed by atoms with E-state index in [0.29, 0.717) is 25.3 Å². The van der Waals surface area contributed by atoms with Crippen molar-refractivity contribution >= 4 is 11.6 Å². The van der Waals surface area contributed by atoms with Crippen LogP contribution in [0.4, 0.5) is 10.1 Å². The van der Waals surface area contributed by atoms with E-state index in [9.17, 15) is 19.3 Å². The van der Waals surface area contributed by atoms with Gasteiger partial charge in [0.1, 0.15) is 24.3 Å². The fourth-order valence-corrected chi connectivity index (χ4v) is 3.01. The normalized spacial score (nSPS) is 15.2. The number of carbonyl (C=O) groups is 1. The molecule has 0 atom stereocenters. The molecule has 0 spiro atoms. The van der Waals surface area contributed by atoms with Crippen molar-refractivity contribution in [1.29, 1.82) is 0 Å². The van der Waals surface area contributed by atoms with Crippen LogP contribution in [0.2, 0.25) is 0 Å². The summed E-state index contributed by atoms with van der Waals surface area (Å²) in [5.41, 5.74) is 1.25. The van der Waals surface area contributed by atoms with Gasteiger partial charge in [-0.3, -0.25) is 24.5 Å². The Hall–Kier alpha value is -2.81.